The minimum absolute atomic E-state index is 0.0193. The number of hydrogen-bond acceptors (Lipinski definition) is 4. The molecule has 0 saturated heterocycles. The number of imidazole rings is 1. The molecule has 2 aromatic heterocycles. The lowest BCUT2D eigenvalue weighted by molar-refractivity contribution is -0.137. The molecule has 2 heterocycles. The van der Waals surface area contributed by atoms with E-state index >= 15 is 0 Å². The number of thioether (sulfide) groups is 1. The van der Waals surface area contributed by atoms with Crippen molar-refractivity contribution < 1.29 is 22.4 Å². The first-order chi connectivity index (χ1) is 12.4. The predicted octanol–water partition coefficient (Wildman–Crippen LogP) is 4.27. The van der Waals surface area contributed by atoms with E-state index in [2.05, 4.69) is 10.3 Å². The fourth-order valence-electron chi connectivity index (χ4n) is 2.23. The van der Waals surface area contributed by atoms with Gasteiger partial charge in [0.2, 0.25) is 5.91 Å². The van der Waals surface area contributed by atoms with E-state index in [0.29, 0.717) is 11.7 Å². The molecule has 0 aliphatic carbocycles. The highest BCUT2D eigenvalue weighted by molar-refractivity contribution is 7.99. The van der Waals surface area contributed by atoms with Crippen molar-refractivity contribution in [2.45, 2.75) is 17.9 Å². The fraction of sp³-hybridized carbons (Fsp3) is 0.176. The smallest absolute Gasteiger partial charge is 0.416 e. The molecule has 3 rings (SSSR count). The fourth-order valence-corrected chi connectivity index (χ4v) is 2.99. The Morgan fingerprint density at radius 3 is 2.85 bits per heavy atom. The molecular weight excluding hydrogens is 367 g/mol. The van der Waals surface area contributed by atoms with Crippen molar-refractivity contribution >= 4 is 23.4 Å². The second-order valence-electron chi connectivity index (χ2n) is 5.33. The van der Waals surface area contributed by atoms with E-state index in [-0.39, 0.29) is 11.4 Å². The van der Waals surface area contributed by atoms with Gasteiger partial charge in [0.25, 0.3) is 0 Å². The van der Waals surface area contributed by atoms with Crippen LogP contribution in [-0.4, -0.2) is 21.2 Å². The third kappa shape index (κ3) is 4.69. The van der Waals surface area contributed by atoms with Crippen LogP contribution in [0.1, 0.15) is 11.3 Å². The Balaban J connectivity index is 1.58. The van der Waals surface area contributed by atoms with Crippen LogP contribution >= 0.6 is 11.8 Å². The molecule has 136 valence electrons. The number of alkyl halides is 3. The average molecular weight is 381 g/mol. The van der Waals surface area contributed by atoms with Gasteiger partial charge in [0.05, 0.1) is 24.1 Å². The number of rotatable bonds is 6. The van der Waals surface area contributed by atoms with E-state index in [1.807, 2.05) is 10.6 Å². The zero-order valence-electron chi connectivity index (χ0n) is 13.4. The van der Waals surface area contributed by atoms with Gasteiger partial charge < -0.3 is 14.3 Å². The Morgan fingerprint density at radius 2 is 2.12 bits per heavy atom. The molecule has 26 heavy (non-hydrogen) atoms. The highest BCUT2D eigenvalue weighted by Crippen LogP contribution is 2.30. The maximum absolute atomic E-state index is 12.7. The van der Waals surface area contributed by atoms with Gasteiger partial charge >= 0.3 is 6.18 Å². The molecule has 0 atom stereocenters. The van der Waals surface area contributed by atoms with Crippen molar-refractivity contribution in [3.05, 3.63) is 66.4 Å². The van der Waals surface area contributed by atoms with E-state index in [1.54, 1.807) is 24.7 Å². The summed E-state index contributed by atoms with van der Waals surface area (Å²) in [4.78, 5) is 16.2. The van der Waals surface area contributed by atoms with Crippen molar-refractivity contribution in [3.8, 4) is 0 Å². The molecule has 3 aromatic rings. The molecule has 1 amide bonds. The van der Waals surface area contributed by atoms with E-state index in [4.69, 9.17) is 4.42 Å². The Kier molecular flexibility index (Phi) is 5.36. The molecular formula is C17H14F3N3O2S. The monoisotopic (exact) mass is 381 g/mol. The number of nitrogens with one attached hydrogen (secondary N) is 1. The summed E-state index contributed by atoms with van der Waals surface area (Å²) >= 11 is 1.19. The molecule has 1 N–H and O–H groups in total. The minimum atomic E-state index is -4.45. The van der Waals surface area contributed by atoms with Crippen molar-refractivity contribution in [1.29, 1.82) is 0 Å². The third-order valence-electron chi connectivity index (χ3n) is 3.39. The maximum Gasteiger partial charge on any atom is 0.416 e. The van der Waals surface area contributed by atoms with Crippen LogP contribution in [0.5, 0.6) is 0 Å². The zero-order chi connectivity index (χ0) is 18.6. The van der Waals surface area contributed by atoms with Gasteiger partial charge in [0.1, 0.15) is 5.76 Å². The Hall–Kier alpha value is -2.68. The van der Waals surface area contributed by atoms with Crippen LogP contribution in [0.4, 0.5) is 18.9 Å². The quantitative estimate of drug-likeness (QED) is 0.648. The summed E-state index contributed by atoms with van der Waals surface area (Å²) in [5.41, 5.74) is -0.707. The highest BCUT2D eigenvalue weighted by atomic mass is 32.2. The lowest BCUT2D eigenvalue weighted by Crippen LogP contribution is -2.15. The van der Waals surface area contributed by atoms with Gasteiger partial charge in [-0.1, -0.05) is 17.8 Å². The van der Waals surface area contributed by atoms with E-state index in [9.17, 15) is 18.0 Å². The molecule has 0 aliphatic rings. The molecule has 9 heteroatoms. The van der Waals surface area contributed by atoms with Crippen LogP contribution in [0.25, 0.3) is 0 Å². The first-order valence-corrected chi connectivity index (χ1v) is 8.54. The molecule has 5 nitrogen and oxygen atoms in total. The van der Waals surface area contributed by atoms with Crippen LogP contribution in [0.15, 0.2) is 64.6 Å². The average Bonchev–Trinajstić information content (AvgIpc) is 3.25. The standard InChI is InChI=1S/C17H14F3N3O2S/c18-17(19,20)12-3-1-4-13(9-12)22-15(24)11-26-16-21-6-7-23(16)10-14-5-2-8-25-14/h1-9H,10-11H2,(H,22,24). The van der Waals surface area contributed by atoms with Crippen LogP contribution in [-0.2, 0) is 17.5 Å². The van der Waals surface area contributed by atoms with Gasteiger partial charge in [-0.05, 0) is 30.3 Å². The molecule has 0 fully saturated rings. The maximum atomic E-state index is 12.7. The Labute approximate surface area is 151 Å². The molecule has 0 radical (unpaired) electrons. The third-order valence-corrected chi connectivity index (χ3v) is 4.39. The van der Waals surface area contributed by atoms with Crippen LogP contribution in [0, 0.1) is 0 Å². The molecule has 0 saturated carbocycles. The van der Waals surface area contributed by atoms with Crippen LogP contribution < -0.4 is 5.32 Å². The summed E-state index contributed by atoms with van der Waals surface area (Å²) in [5.74, 6) is 0.353. The summed E-state index contributed by atoms with van der Waals surface area (Å²) in [5, 5.41) is 3.08. The summed E-state index contributed by atoms with van der Waals surface area (Å²) in [6, 6.07) is 8.13. The normalized spacial score (nSPS) is 11.5. The van der Waals surface area contributed by atoms with Gasteiger partial charge in [0.15, 0.2) is 5.16 Å². The van der Waals surface area contributed by atoms with E-state index in [0.717, 1.165) is 17.9 Å². The summed E-state index contributed by atoms with van der Waals surface area (Å²) < 4.78 is 45.2. The van der Waals surface area contributed by atoms with E-state index in [1.165, 1.54) is 23.9 Å². The molecule has 1 aromatic carbocycles. The Bertz CT molecular complexity index is 876. The van der Waals surface area contributed by atoms with E-state index < -0.39 is 17.6 Å². The molecule has 0 bridgehead atoms. The number of nitrogens with zero attached hydrogens (tertiary/aromatic N) is 2. The van der Waals surface area contributed by atoms with Crippen molar-refractivity contribution in [2.24, 2.45) is 0 Å². The lowest BCUT2D eigenvalue weighted by atomic mass is 10.2. The summed E-state index contributed by atoms with van der Waals surface area (Å²) in [6.45, 7) is 0.477. The van der Waals surface area contributed by atoms with Crippen LogP contribution in [0.2, 0.25) is 0 Å². The number of carbonyl (C=O) groups is 1. The van der Waals surface area contributed by atoms with Gasteiger partial charge in [-0.15, -0.1) is 0 Å². The number of hydrogen-bond donors (Lipinski definition) is 1. The van der Waals surface area contributed by atoms with Gasteiger partial charge in [-0.3, -0.25) is 4.79 Å². The highest BCUT2D eigenvalue weighted by Gasteiger charge is 2.30. The number of benzene rings is 1. The number of halogens is 3. The van der Waals surface area contributed by atoms with Crippen molar-refractivity contribution in [2.75, 3.05) is 11.1 Å². The number of furan rings is 1. The Morgan fingerprint density at radius 1 is 1.27 bits per heavy atom. The SMILES string of the molecule is O=C(CSc1nccn1Cc1ccco1)Nc1cccc(C(F)(F)F)c1. The minimum Gasteiger partial charge on any atom is -0.467 e. The lowest BCUT2D eigenvalue weighted by Gasteiger charge is -2.10. The van der Waals surface area contributed by atoms with Gasteiger partial charge in [-0.25, -0.2) is 4.98 Å². The zero-order valence-corrected chi connectivity index (χ0v) is 14.2. The molecule has 0 spiro atoms. The number of aromatic nitrogens is 2. The summed E-state index contributed by atoms with van der Waals surface area (Å²) in [6.07, 6.45) is 0.485. The number of anilines is 1. The summed E-state index contributed by atoms with van der Waals surface area (Å²) in [7, 11) is 0. The predicted molar refractivity (Wildman–Crippen MR) is 90.8 cm³/mol. The second-order valence-corrected chi connectivity index (χ2v) is 6.27. The van der Waals surface area contributed by atoms with Crippen molar-refractivity contribution in [3.63, 3.8) is 0 Å². The molecule has 0 unspecified atom stereocenters. The molecule has 0 aliphatic heterocycles. The first-order valence-electron chi connectivity index (χ1n) is 7.55. The first kappa shape index (κ1) is 18.1. The largest absolute Gasteiger partial charge is 0.467 e. The second kappa shape index (κ2) is 7.69. The van der Waals surface area contributed by atoms with Gasteiger partial charge in [0, 0.05) is 18.1 Å². The van der Waals surface area contributed by atoms with Crippen molar-refractivity contribution in [1.82, 2.24) is 9.55 Å². The number of amides is 1. The number of carbonyl (C=O) groups excluding carboxylic acids is 1. The van der Waals surface area contributed by atoms with Gasteiger partial charge in [-0.2, -0.15) is 13.2 Å². The van der Waals surface area contributed by atoms with Crippen LogP contribution in [0.3, 0.4) is 0 Å². The topological polar surface area (TPSA) is 60.1 Å².